The molecule has 1 N–H and O–H groups in total. The Balaban J connectivity index is 2.10. The third-order valence-corrected chi connectivity index (χ3v) is 4.71. The van der Waals surface area contributed by atoms with Crippen molar-refractivity contribution in [2.75, 3.05) is 4.90 Å². The lowest BCUT2D eigenvalue weighted by Gasteiger charge is -2.30. The maximum atomic E-state index is 13.0. The van der Waals surface area contributed by atoms with Gasteiger partial charge in [-0.3, -0.25) is 29.9 Å². The third kappa shape index (κ3) is 3.64. The number of nitrogens with one attached hydrogen (secondary N) is 1. The Morgan fingerprint density at radius 1 is 1.22 bits per heavy atom. The lowest BCUT2D eigenvalue weighted by Crippen LogP contribution is -2.54. The Kier molecular flexibility index (Phi) is 5.15. The van der Waals surface area contributed by atoms with Crippen LogP contribution < -0.4 is 10.2 Å². The van der Waals surface area contributed by atoms with E-state index >= 15 is 0 Å². The molecule has 1 aliphatic rings. The largest absolute Gasteiger partial charge is 0.298 e. The molecule has 27 heavy (non-hydrogen) atoms. The topological polar surface area (TPSA) is 92.6 Å². The standard InChI is InChI=1S/C18H12BrN3O4S/c1-10-8-12(19)6-7-14(10)21-17(24)13(16(23)20-18(21)27)9-11-4-2-3-5-15(11)22(25)26/h2-9H,1H3,(H,20,23,27)/b13-9+. The number of nitro benzene ring substituents is 1. The number of anilines is 1. The van der Waals surface area contributed by atoms with Crippen LogP contribution in [0.4, 0.5) is 11.4 Å². The van der Waals surface area contributed by atoms with Gasteiger partial charge >= 0.3 is 0 Å². The molecular weight excluding hydrogens is 434 g/mol. The highest BCUT2D eigenvalue weighted by Gasteiger charge is 2.35. The monoisotopic (exact) mass is 445 g/mol. The quantitative estimate of drug-likeness (QED) is 0.256. The summed E-state index contributed by atoms with van der Waals surface area (Å²) in [4.78, 5) is 37.2. The number of amides is 2. The molecule has 0 unspecified atom stereocenters. The molecule has 1 fully saturated rings. The molecule has 7 nitrogen and oxygen atoms in total. The van der Waals surface area contributed by atoms with E-state index in [2.05, 4.69) is 21.2 Å². The first-order valence-electron chi connectivity index (χ1n) is 7.70. The van der Waals surface area contributed by atoms with Crippen LogP contribution in [-0.2, 0) is 9.59 Å². The molecule has 136 valence electrons. The van der Waals surface area contributed by atoms with Gasteiger partial charge in [-0.2, -0.15) is 0 Å². The summed E-state index contributed by atoms with van der Waals surface area (Å²) in [6, 6.07) is 11.1. The Morgan fingerprint density at radius 3 is 2.59 bits per heavy atom. The van der Waals surface area contributed by atoms with Crippen LogP contribution in [0.15, 0.2) is 52.5 Å². The second-order valence-corrected chi connectivity index (χ2v) is 7.01. The third-order valence-electron chi connectivity index (χ3n) is 3.93. The first-order valence-corrected chi connectivity index (χ1v) is 8.90. The molecule has 2 aromatic rings. The van der Waals surface area contributed by atoms with Gasteiger partial charge in [-0.15, -0.1) is 0 Å². The van der Waals surface area contributed by atoms with Crippen LogP contribution >= 0.6 is 28.1 Å². The van der Waals surface area contributed by atoms with Gasteiger partial charge in [0.05, 0.1) is 16.2 Å². The number of carbonyl (C=O) groups excluding carboxylic acids is 2. The molecule has 0 aromatic heterocycles. The average Bonchev–Trinajstić information content (AvgIpc) is 2.60. The van der Waals surface area contributed by atoms with Crippen LogP contribution in [-0.4, -0.2) is 21.9 Å². The molecule has 0 saturated carbocycles. The maximum absolute atomic E-state index is 13.0. The molecule has 3 rings (SSSR count). The predicted molar refractivity (Wildman–Crippen MR) is 108 cm³/mol. The number of nitrogens with zero attached hydrogens (tertiary/aromatic N) is 2. The molecule has 2 aromatic carbocycles. The molecular formula is C18H12BrN3O4S. The molecule has 1 aliphatic heterocycles. The number of halogens is 1. The number of hydrogen-bond acceptors (Lipinski definition) is 5. The van der Waals surface area contributed by atoms with Gasteiger partial charge < -0.3 is 0 Å². The van der Waals surface area contributed by atoms with E-state index in [4.69, 9.17) is 12.2 Å². The van der Waals surface area contributed by atoms with Crippen molar-refractivity contribution in [3.8, 4) is 0 Å². The summed E-state index contributed by atoms with van der Waals surface area (Å²) in [6.07, 6.45) is 1.21. The maximum Gasteiger partial charge on any atom is 0.276 e. The molecule has 1 heterocycles. The van der Waals surface area contributed by atoms with E-state index < -0.39 is 16.7 Å². The van der Waals surface area contributed by atoms with Crippen LogP contribution in [0.3, 0.4) is 0 Å². The number of nitro groups is 1. The summed E-state index contributed by atoms with van der Waals surface area (Å²) >= 11 is 8.52. The number of hydrogen-bond donors (Lipinski definition) is 1. The van der Waals surface area contributed by atoms with Crippen molar-refractivity contribution < 1.29 is 14.5 Å². The summed E-state index contributed by atoms with van der Waals surface area (Å²) in [5.74, 6) is -1.35. The number of thiocarbonyl (C=S) groups is 1. The number of aryl methyl sites for hydroxylation is 1. The normalized spacial score (nSPS) is 15.9. The van der Waals surface area contributed by atoms with Crippen molar-refractivity contribution in [3.05, 3.63) is 73.8 Å². The minimum Gasteiger partial charge on any atom is -0.298 e. The molecule has 9 heteroatoms. The van der Waals surface area contributed by atoms with Gasteiger partial charge in [0.1, 0.15) is 5.57 Å². The second kappa shape index (κ2) is 7.37. The zero-order chi connectivity index (χ0) is 19.7. The Hall–Kier alpha value is -2.91. The first kappa shape index (κ1) is 18.9. The summed E-state index contributed by atoms with van der Waals surface area (Å²) in [5.41, 5.74) is 0.995. The SMILES string of the molecule is Cc1cc(Br)ccc1N1C(=O)/C(=C/c2ccccc2[N+](=O)[O-])C(=O)NC1=S. The first-order chi connectivity index (χ1) is 12.8. The average molecular weight is 446 g/mol. The minimum absolute atomic E-state index is 0.0462. The van der Waals surface area contributed by atoms with E-state index in [1.54, 1.807) is 25.1 Å². The van der Waals surface area contributed by atoms with E-state index in [0.29, 0.717) is 5.69 Å². The van der Waals surface area contributed by atoms with Crippen molar-refractivity contribution >= 4 is 62.5 Å². The summed E-state index contributed by atoms with van der Waals surface area (Å²) in [7, 11) is 0. The van der Waals surface area contributed by atoms with E-state index in [9.17, 15) is 19.7 Å². The highest BCUT2D eigenvalue weighted by Crippen LogP contribution is 2.28. The van der Waals surface area contributed by atoms with Gasteiger partial charge in [0.15, 0.2) is 5.11 Å². The van der Waals surface area contributed by atoms with Crippen molar-refractivity contribution in [2.45, 2.75) is 6.92 Å². The second-order valence-electron chi connectivity index (χ2n) is 5.70. The van der Waals surface area contributed by atoms with Crippen LogP contribution in [0, 0.1) is 17.0 Å². The lowest BCUT2D eigenvalue weighted by atomic mass is 10.0. The summed E-state index contributed by atoms with van der Waals surface area (Å²) in [6.45, 7) is 1.80. The van der Waals surface area contributed by atoms with E-state index in [0.717, 1.165) is 10.0 Å². The molecule has 0 radical (unpaired) electrons. The van der Waals surface area contributed by atoms with Gasteiger partial charge in [-0.05, 0) is 55.0 Å². The highest BCUT2D eigenvalue weighted by molar-refractivity contribution is 9.10. The van der Waals surface area contributed by atoms with Gasteiger partial charge in [0, 0.05) is 10.5 Å². The molecule has 1 saturated heterocycles. The molecule has 0 aliphatic carbocycles. The van der Waals surface area contributed by atoms with Crippen molar-refractivity contribution in [1.29, 1.82) is 0 Å². The number of carbonyl (C=O) groups is 2. The highest BCUT2D eigenvalue weighted by atomic mass is 79.9. The van der Waals surface area contributed by atoms with Crippen molar-refractivity contribution in [3.63, 3.8) is 0 Å². The van der Waals surface area contributed by atoms with Crippen molar-refractivity contribution in [1.82, 2.24) is 5.32 Å². The van der Waals surface area contributed by atoms with Crippen LogP contribution in [0.2, 0.25) is 0 Å². The number of para-hydroxylation sites is 1. The Morgan fingerprint density at radius 2 is 1.93 bits per heavy atom. The van der Waals surface area contributed by atoms with Crippen LogP contribution in [0.25, 0.3) is 6.08 Å². The molecule has 2 amide bonds. The van der Waals surface area contributed by atoms with Crippen LogP contribution in [0.1, 0.15) is 11.1 Å². The molecule has 0 spiro atoms. The predicted octanol–water partition coefficient (Wildman–Crippen LogP) is 3.50. The van der Waals surface area contributed by atoms with Gasteiger partial charge in [-0.1, -0.05) is 28.1 Å². The fourth-order valence-corrected chi connectivity index (χ4v) is 3.43. The molecule has 0 atom stereocenters. The Bertz CT molecular complexity index is 1040. The van der Waals surface area contributed by atoms with Gasteiger partial charge in [-0.25, -0.2) is 0 Å². The summed E-state index contributed by atoms with van der Waals surface area (Å²) < 4.78 is 0.832. The number of rotatable bonds is 3. The summed E-state index contributed by atoms with van der Waals surface area (Å²) in [5, 5.41) is 13.6. The van der Waals surface area contributed by atoms with Crippen LogP contribution in [0.5, 0.6) is 0 Å². The zero-order valence-electron chi connectivity index (χ0n) is 13.9. The fraction of sp³-hybridized carbons (Fsp3) is 0.0556. The minimum atomic E-state index is -0.700. The van der Waals surface area contributed by atoms with Gasteiger partial charge in [0.2, 0.25) is 0 Å². The van der Waals surface area contributed by atoms with E-state index in [-0.39, 0.29) is 21.9 Å². The zero-order valence-corrected chi connectivity index (χ0v) is 16.3. The Labute approximate surface area is 167 Å². The van der Waals surface area contributed by atoms with E-state index in [1.807, 2.05) is 6.07 Å². The number of benzene rings is 2. The smallest absolute Gasteiger partial charge is 0.276 e. The van der Waals surface area contributed by atoms with E-state index in [1.165, 1.54) is 29.2 Å². The van der Waals surface area contributed by atoms with Crippen molar-refractivity contribution in [2.24, 2.45) is 0 Å². The molecule has 0 bridgehead atoms. The lowest BCUT2D eigenvalue weighted by molar-refractivity contribution is -0.385. The van der Waals surface area contributed by atoms with Gasteiger partial charge in [0.25, 0.3) is 17.5 Å². The fourth-order valence-electron chi connectivity index (χ4n) is 2.68.